The van der Waals surface area contributed by atoms with Gasteiger partial charge in [-0.3, -0.25) is 4.79 Å². The van der Waals surface area contributed by atoms with Crippen molar-refractivity contribution in [3.8, 4) is 11.5 Å². The van der Waals surface area contributed by atoms with E-state index in [4.69, 9.17) is 4.42 Å². The molecule has 0 radical (unpaired) electrons. The number of nitrogens with zero attached hydrogens (tertiary/aromatic N) is 3. The standard InChI is InChI=1S/C21H20FN3O2/c1-13-7-5-9-15(14(13)2)21(26)25-12-6-11-18(25)20-24-23-19(27-20)16-8-3-4-10-17(16)22/h3-5,7-10,18H,6,11-12H2,1-2H3. The maximum atomic E-state index is 14.0. The molecular formula is C21H20FN3O2. The molecule has 6 heteroatoms. The number of halogens is 1. The Labute approximate surface area is 156 Å². The number of likely N-dealkylation sites (tertiary alicyclic amines) is 1. The van der Waals surface area contributed by atoms with E-state index in [0.717, 1.165) is 24.0 Å². The molecule has 4 rings (SSSR count). The van der Waals surface area contributed by atoms with Gasteiger partial charge in [0.25, 0.3) is 11.8 Å². The summed E-state index contributed by atoms with van der Waals surface area (Å²) in [6, 6.07) is 11.7. The molecule has 1 fully saturated rings. The van der Waals surface area contributed by atoms with Crippen LogP contribution in [-0.4, -0.2) is 27.5 Å². The molecular weight excluding hydrogens is 345 g/mol. The molecule has 1 atom stereocenters. The normalized spacial score (nSPS) is 16.7. The van der Waals surface area contributed by atoms with E-state index >= 15 is 0 Å². The second-order valence-electron chi connectivity index (χ2n) is 6.83. The molecule has 0 bridgehead atoms. The molecule has 138 valence electrons. The first kappa shape index (κ1) is 17.4. The maximum absolute atomic E-state index is 14.0. The quantitative estimate of drug-likeness (QED) is 0.687. The highest BCUT2D eigenvalue weighted by Crippen LogP contribution is 2.34. The molecule has 0 N–H and O–H groups in total. The minimum atomic E-state index is -0.414. The number of rotatable bonds is 3. The number of hydrogen-bond donors (Lipinski definition) is 0. The molecule has 5 nitrogen and oxygen atoms in total. The summed E-state index contributed by atoms with van der Waals surface area (Å²) in [6.07, 6.45) is 1.61. The Hall–Kier alpha value is -3.02. The third kappa shape index (κ3) is 3.12. The van der Waals surface area contributed by atoms with Gasteiger partial charge < -0.3 is 9.32 Å². The van der Waals surface area contributed by atoms with Gasteiger partial charge in [0.2, 0.25) is 5.89 Å². The van der Waals surface area contributed by atoms with Crippen LogP contribution in [0.5, 0.6) is 0 Å². The Morgan fingerprint density at radius 3 is 2.78 bits per heavy atom. The van der Waals surface area contributed by atoms with Crippen LogP contribution in [0.2, 0.25) is 0 Å². The summed E-state index contributed by atoms with van der Waals surface area (Å²) in [6.45, 7) is 4.58. The van der Waals surface area contributed by atoms with Crippen molar-refractivity contribution >= 4 is 5.91 Å². The van der Waals surface area contributed by atoms with Gasteiger partial charge in [0.15, 0.2) is 0 Å². The number of carbonyl (C=O) groups excluding carboxylic acids is 1. The molecule has 0 saturated carbocycles. The molecule has 1 aliphatic heterocycles. The summed E-state index contributed by atoms with van der Waals surface area (Å²) >= 11 is 0. The third-order valence-electron chi connectivity index (χ3n) is 5.18. The Balaban J connectivity index is 1.63. The zero-order chi connectivity index (χ0) is 19.0. The summed E-state index contributed by atoms with van der Waals surface area (Å²) in [5, 5.41) is 8.10. The highest BCUT2D eigenvalue weighted by atomic mass is 19.1. The lowest BCUT2D eigenvalue weighted by Crippen LogP contribution is -2.31. The molecule has 27 heavy (non-hydrogen) atoms. The first-order valence-electron chi connectivity index (χ1n) is 9.01. The van der Waals surface area contributed by atoms with E-state index in [9.17, 15) is 9.18 Å². The Morgan fingerprint density at radius 2 is 1.96 bits per heavy atom. The fourth-order valence-corrected chi connectivity index (χ4v) is 3.52. The van der Waals surface area contributed by atoms with Gasteiger partial charge in [-0.05, 0) is 56.0 Å². The van der Waals surface area contributed by atoms with Gasteiger partial charge in [-0.15, -0.1) is 10.2 Å². The lowest BCUT2D eigenvalue weighted by atomic mass is 10.0. The lowest BCUT2D eigenvalue weighted by molar-refractivity contribution is 0.0715. The Morgan fingerprint density at radius 1 is 1.15 bits per heavy atom. The van der Waals surface area contributed by atoms with E-state index in [1.807, 2.05) is 32.0 Å². The van der Waals surface area contributed by atoms with E-state index in [1.165, 1.54) is 6.07 Å². The van der Waals surface area contributed by atoms with Crippen molar-refractivity contribution in [2.45, 2.75) is 32.7 Å². The monoisotopic (exact) mass is 365 g/mol. The Bertz CT molecular complexity index is 999. The smallest absolute Gasteiger partial charge is 0.254 e. The highest BCUT2D eigenvalue weighted by Gasteiger charge is 2.35. The summed E-state index contributed by atoms with van der Waals surface area (Å²) < 4.78 is 19.7. The highest BCUT2D eigenvalue weighted by molar-refractivity contribution is 5.96. The fourth-order valence-electron chi connectivity index (χ4n) is 3.52. The number of aromatic nitrogens is 2. The molecule has 1 amide bonds. The number of hydrogen-bond acceptors (Lipinski definition) is 4. The van der Waals surface area contributed by atoms with Crippen LogP contribution >= 0.6 is 0 Å². The molecule has 2 heterocycles. The maximum Gasteiger partial charge on any atom is 0.254 e. The molecule has 1 saturated heterocycles. The van der Waals surface area contributed by atoms with Crippen molar-refractivity contribution in [3.63, 3.8) is 0 Å². The minimum Gasteiger partial charge on any atom is -0.418 e. The summed E-state index contributed by atoms with van der Waals surface area (Å²) in [7, 11) is 0. The topological polar surface area (TPSA) is 59.2 Å². The van der Waals surface area contributed by atoms with Crippen LogP contribution in [0, 0.1) is 19.7 Å². The second kappa shape index (κ2) is 6.95. The van der Waals surface area contributed by atoms with E-state index in [0.29, 0.717) is 18.0 Å². The van der Waals surface area contributed by atoms with Crippen molar-refractivity contribution in [2.24, 2.45) is 0 Å². The van der Waals surface area contributed by atoms with Crippen LogP contribution in [0.3, 0.4) is 0 Å². The zero-order valence-corrected chi connectivity index (χ0v) is 15.3. The third-order valence-corrected chi connectivity index (χ3v) is 5.18. The average Bonchev–Trinajstić information content (AvgIpc) is 3.33. The van der Waals surface area contributed by atoms with Gasteiger partial charge in [-0.1, -0.05) is 24.3 Å². The van der Waals surface area contributed by atoms with E-state index < -0.39 is 5.82 Å². The number of carbonyl (C=O) groups is 1. The summed E-state index contributed by atoms with van der Waals surface area (Å²) in [5.74, 6) is 0.0327. The van der Waals surface area contributed by atoms with Crippen molar-refractivity contribution in [1.29, 1.82) is 0 Å². The number of aryl methyl sites for hydroxylation is 1. The zero-order valence-electron chi connectivity index (χ0n) is 15.3. The molecule has 0 aliphatic carbocycles. The van der Waals surface area contributed by atoms with Gasteiger partial charge in [0.1, 0.15) is 11.9 Å². The van der Waals surface area contributed by atoms with E-state index in [2.05, 4.69) is 10.2 Å². The van der Waals surface area contributed by atoms with Gasteiger partial charge in [-0.25, -0.2) is 4.39 Å². The Kier molecular flexibility index (Phi) is 4.48. The number of amides is 1. The van der Waals surface area contributed by atoms with Crippen LogP contribution in [-0.2, 0) is 0 Å². The molecule has 3 aromatic rings. The van der Waals surface area contributed by atoms with Crippen molar-refractivity contribution in [1.82, 2.24) is 15.1 Å². The van der Waals surface area contributed by atoms with Crippen LogP contribution in [0.4, 0.5) is 4.39 Å². The van der Waals surface area contributed by atoms with E-state index in [-0.39, 0.29) is 23.4 Å². The van der Waals surface area contributed by atoms with Crippen LogP contribution in [0.1, 0.15) is 46.3 Å². The van der Waals surface area contributed by atoms with Crippen LogP contribution in [0.25, 0.3) is 11.5 Å². The molecule has 0 spiro atoms. The first-order valence-corrected chi connectivity index (χ1v) is 9.01. The predicted molar refractivity (Wildman–Crippen MR) is 98.6 cm³/mol. The molecule has 1 aliphatic rings. The van der Waals surface area contributed by atoms with Crippen molar-refractivity contribution < 1.29 is 13.6 Å². The van der Waals surface area contributed by atoms with Gasteiger partial charge >= 0.3 is 0 Å². The average molecular weight is 365 g/mol. The van der Waals surface area contributed by atoms with Crippen molar-refractivity contribution in [3.05, 3.63) is 70.9 Å². The predicted octanol–water partition coefficient (Wildman–Crippen LogP) is 4.47. The second-order valence-corrected chi connectivity index (χ2v) is 6.83. The molecule has 1 unspecified atom stereocenters. The first-order chi connectivity index (χ1) is 13.1. The molecule has 1 aromatic heterocycles. The summed E-state index contributed by atoms with van der Waals surface area (Å²) in [5.41, 5.74) is 3.01. The minimum absolute atomic E-state index is 0.0376. The summed E-state index contributed by atoms with van der Waals surface area (Å²) in [4.78, 5) is 14.9. The van der Waals surface area contributed by atoms with Crippen LogP contribution < -0.4 is 0 Å². The van der Waals surface area contributed by atoms with Crippen LogP contribution in [0.15, 0.2) is 46.9 Å². The van der Waals surface area contributed by atoms with Gasteiger partial charge in [0, 0.05) is 12.1 Å². The molecule has 2 aromatic carbocycles. The largest absolute Gasteiger partial charge is 0.418 e. The van der Waals surface area contributed by atoms with Gasteiger partial charge in [0.05, 0.1) is 5.56 Å². The number of benzene rings is 2. The SMILES string of the molecule is Cc1cccc(C(=O)N2CCCC2c2nnc(-c3ccccc3F)o2)c1C. The lowest BCUT2D eigenvalue weighted by Gasteiger charge is -2.23. The fraction of sp³-hybridized carbons (Fsp3) is 0.286. The van der Waals surface area contributed by atoms with E-state index in [1.54, 1.807) is 23.1 Å². The van der Waals surface area contributed by atoms with Crippen molar-refractivity contribution in [2.75, 3.05) is 6.54 Å². The van der Waals surface area contributed by atoms with Gasteiger partial charge in [-0.2, -0.15) is 0 Å².